The molecule has 1 saturated heterocycles. The Hall–Kier alpha value is -1.30. The van der Waals surface area contributed by atoms with Crippen LogP contribution in [0.15, 0.2) is 0 Å². The molecule has 1 heterocycles. The molecule has 0 aromatic heterocycles. The average Bonchev–Trinajstić information content (AvgIpc) is 2.34. The SMILES string of the molecule is CC(C)OCC(=O)N1CCN(C(=O)OC(C)(C)C)CC1. The van der Waals surface area contributed by atoms with Gasteiger partial charge in [0.25, 0.3) is 0 Å². The predicted octanol–water partition coefficient (Wildman–Crippen LogP) is 1.49. The average molecular weight is 286 g/mol. The van der Waals surface area contributed by atoms with Gasteiger partial charge in [0.1, 0.15) is 12.2 Å². The number of piperazine rings is 1. The number of amides is 2. The van der Waals surface area contributed by atoms with Crippen molar-refractivity contribution in [2.24, 2.45) is 0 Å². The molecule has 2 amide bonds. The fourth-order valence-electron chi connectivity index (χ4n) is 1.79. The van der Waals surface area contributed by atoms with Crippen molar-refractivity contribution >= 4 is 12.0 Å². The first-order valence-corrected chi connectivity index (χ1v) is 7.06. The maximum Gasteiger partial charge on any atom is 0.410 e. The zero-order valence-corrected chi connectivity index (χ0v) is 13.1. The van der Waals surface area contributed by atoms with E-state index in [-0.39, 0.29) is 24.7 Å². The lowest BCUT2D eigenvalue weighted by Crippen LogP contribution is -2.52. The number of rotatable bonds is 3. The van der Waals surface area contributed by atoms with E-state index in [0.29, 0.717) is 26.2 Å². The van der Waals surface area contributed by atoms with Gasteiger partial charge in [-0.1, -0.05) is 0 Å². The lowest BCUT2D eigenvalue weighted by molar-refractivity contribution is -0.139. The van der Waals surface area contributed by atoms with Gasteiger partial charge >= 0.3 is 6.09 Å². The van der Waals surface area contributed by atoms with Crippen molar-refractivity contribution in [2.75, 3.05) is 32.8 Å². The van der Waals surface area contributed by atoms with Crippen LogP contribution in [0.5, 0.6) is 0 Å². The number of ether oxygens (including phenoxy) is 2. The molecule has 20 heavy (non-hydrogen) atoms. The second-order valence-corrected chi connectivity index (χ2v) is 6.21. The van der Waals surface area contributed by atoms with E-state index >= 15 is 0 Å². The maximum atomic E-state index is 11.9. The topological polar surface area (TPSA) is 59.1 Å². The van der Waals surface area contributed by atoms with Crippen LogP contribution < -0.4 is 0 Å². The molecule has 0 saturated carbocycles. The first-order valence-electron chi connectivity index (χ1n) is 7.06. The second kappa shape index (κ2) is 6.92. The van der Waals surface area contributed by atoms with Gasteiger partial charge < -0.3 is 19.3 Å². The minimum absolute atomic E-state index is 0.0254. The Labute approximate surface area is 121 Å². The summed E-state index contributed by atoms with van der Waals surface area (Å²) in [6.45, 7) is 11.5. The molecule has 0 radical (unpaired) electrons. The highest BCUT2D eigenvalue weighted by atomic mass is 16.6. The van der Waals surface area contributed by atoms with Gasteiger partial charge in [-0.15, -0.1) is 0 Å². The van der Waals surface area contributed by atoms with Crippen molar-refractivity contribution in [1.29, 1.82) is 0 Å². The number of carbonyl (C=O) groups excluding carboxylic acids is 2. The molecule has 1 rings (SSSR count). The summed E-state index contributed by atoms with van der Waals surface area (Å²) in [7, 11) is 0. The molecule has 0 aromatic carbocycles. The van der Waals surface area contributed by atoms with E-state index in [0.717, 1.165) is 0 Å². The molecular weight excluding hydrogens is 260 g/mol. The van der Waals surface area contributed by atoms with E-state index in [4.69, 9.17) is 9.47 Å². The van der Waals surface area contributed by atoms with Gasteiger partial charge in [0.2, 0.25) is 5.91 Å². The van der Waals surface area contributed by atoms with Crippen LogP contribution in [0.2, 0.25) is 0 Å². The quantitative estimate of drug-likeness (QED) is 0.788. The van der Waals surface area contributed by atoms with Gasteiger partial charge in [0.15, 0.2) is 0 Å². The molecule has 0 aromatic rings. The normalized spacial score (nSPS) is 16.5. The fourth-order valence-corrected chi connectivity index (χ4v) is 1.79. The number of hydrogen-bond donors (Lipinski definition) is 0. The number of carbonyl (C=O) groups is 2. The molecular formula is C14H26N2O4. The summed E-state index contributed by atoms with van der Waals surface area (Å²) in [5.74, 6) is -0.0254. The van der Waals surface area contributed by atoms with Gasteiger partial charge in [0, 0.05) is 26.2 Å². The Balaban J connectivity index is 2.36. The van der Waals surface area contributed by atoms with E-state index in [9.17, 15) is 9.59 Å². The van der Waals surface area contributed by atoms with E-state index in [1.54, 1.807) is 9.80 Å². The van der Waals surface area contributed by atoms with Gasteiger partial charge in [-0.2, -0.15) is 0 Å². The van der Waals surface area contributed by atoms with Crippen molar-refractivity contribution in [2.45, 2.75) is 46.3 Å². The summed E-state index contributed by atoms with van der Waals surface area (Å²) in [6.07, 6.45) is -0.273. The predicted molar refractivity (Wildman–Crippen MR) is 75.5 cm³/mol. The molecule has 0 spiro atoms. The standard InChI is InChI=1S/C14H26N2O4/c1-11(2)19-10-12(17)15-6-8-16(9-7-15)13(18)20-14(3,4)5/h11H,6-10H2,1-5H3. The second-order valence-electron chi connectivity index (χ2n) is 6.21. The highest BCUT2D eigenvalue weighted by Crippen LogP contribution is 2.12. The number of nitrogens with zero attached hydrogens (tertiary/aromatic N) is 2. The molecule has 1 fully saturated rings. The van der Waals surface area contributed by atoms with Crippen LogP contribution in [-0.4, -0.2) is 66.3 Å². The minimum Gasteiger partial charge on any atom is -0.444 e. The van der Waals surface area contributed by atoms with Gasteiger partial charge in [-0.05, 0) is 34.6 Å². The third-order valence-electron chi connectivity index (χ3n) is 2.82. The molecule has 1 aliphatic rings. The van der Waals surface area contributed by atoms with Crippen molar-refractivity contribution in [3.8, 4) is 0 Å². The molecule has 6 heteroatoms. The monoisotopic (exact) mass is 286 g/mol. The molecule has 6 nitrogen and oxygen atoms in total. The van der Waals surface area contributed by atoms with Crippen LogP contribution in [-0.2, 0) is 14.3 Å². The van der Waals surface area contributed by atoms with Gasteiger partial charge in [-0.3, -0.25) is 4.79 Å². The van der Waals surface area contributed by atoms with Crippen LogP contribution in [0.25, 0.3) is 0 Å². The maximum absolute atomic E-state index is 11.9. The molecule has 0 aliphatic carbocycles. The van der Waals surface area contributed by atoms with Crippen molar-refractivity contribution in [3.05, 3.63) is 0 Å². The molecule has 0 atom stereocenters. The smallest absolute Gasteiger partial charge is 0.410 e. The van der Waals surface area contributed by atoms with Gasteiger partial charge in [-0.25, -0.2) is 4.79 Å². The van der Waals surface area contributed by atoms with Crippen LogP contribution in [0.4, 0.5) is 4.79 Å². The highest BCUT2D eigenvalue weighted by molar-refractivity contribution is 5.78. The van der Waals surface area contributed by atoms with Crippen LogP contribution in [0, 0.1) is 0 Å². The zero-order valence-electron chi connectivity index (χ0n) is 13.1. The van der Waals surface area contributed by atoms with Crippen LogP contribution in [0.3, 0.4) is 0 Å². The molecule has 1 aliphatic heterocycles. The van der Waals surface area contributed by atoms with Crippen molar-refractivity contribution < 1.29 is 19.1 Å². The summed E-state index contributed by atoms with van der Waals surface area (Å²) in [5.41, 5.74) is -0.491. The third-order valence-corrected chi connectivity index (χ3v) is 2.82. The fraction of sp³-hybridized carbons (Fsp3) is 0.857. The van der Waals surface area contributed by atoms with E-state index in [2.05, 4.69) is 0 Å². The molecule has 0 bridgehead atoms. The Morgan fingerprint density at radius 2 is 1.55 bits per heavy atom. The van der Waals surface area contributed by atoms with Crippen LogP contribution in [0.1, 0.15) is 34.6 Å². The third kappa shape index (κ3) is 5.77. The summed E-state index contributed by atoms with van der Waals surface area (Å²) in [5, 5.41) is 0. The lowest BCUT2D eigenvalue weighted by Gasteiger charge is -2.35. The summed E-state index contributed by atoms with van der Waals surface area (Å²) in [4.78, 5) is 27.1. The van der Waals surface area contributed by atoms with Crippen molar-refractivity contribution in [1.82, 2.24) is 9.80 Å². The molecule has 0 unspecified atom stereocenters. The van der Waals surface area contributed by atoms with E-state index in [1.807, 2.05) is 34.6 Å². The Morgan fingerprint density at radius 1 is 1.05 bits per heavy atom. The van der Waals surface area contributed by atoms with E-state index < -0.39 is 5.60 Å². The Morgan fingerprint density at radius 3 is 2.00 bits per heavy atom. The zero-order chi connectivity index (χ0) is 15.3. The van der Waals surface area contributed by atoms with Crippen molar-refractivity contribution in [3.63, 3.8) is 0 Å². The Kier molecular flexibility index (Phi) is 5.80. The lowest BCUT2D eigenvalue weighted by atomic mass is 10.2. The first-order chi connectivity index (χ1) is 9.19. The van der Waals surface area contributed by atoms with Gasteiger partial charge in [0.05, 0.1) is 6.10 Å². The van der Waals surface area contributed by atoms with E-state index in [1.165, 1.54) is 0 Å². The Bertz CT molecular complexity index is 342. The molecule has 116 valence electrons. The minimum atomic E-state index is -0.491. The number of hydrogen-bond acceptors (Lipinski definition) is 4. The van der Waals surface area contributed by atoms with Crippen LogP contribution >= 0.6 is 0 Å². The summed E-state index contributed by atoms with van der Waals surface area (Å²) in [6, 6.07) is 0. The highest BCUT2D eigenvalue weighted by Gasteiger charge is 2.27. The summed E-state index contributed by atoms with van der Waals surface area (Å²) < 4.78 is 10.6. The molecule has 0 N–H and O–H groups in total. The first kappa shape index (κ1) is 16.8. The largest absolute Gasteiger partial charge is 0.444 e. The summed E-state index contributed by atoms with van der Waals surface area (Å²) >= 11 is 0.